The molecule has 0 aromatic heterocycles. The van der Waals surface area contributed by atoms with Crippen LogP contribution in [0.3, 0.4) is 0 Å². The van der Waals surface area contributed by atoms with E-state index in [0.717, 1.165) is 0 Å². The van der Waals surface area contributed by atoms with Crippen molar-refractivity contribution in [3.05, 3.63) is 85.1 Å². The lowest BCUT2D eigenvalue weighted by molar-refractivity contribution is -0.251. The van der Waals surface area contributed by atoms with Gasteiger partial charge in [-0.2, -0.15) is 0 Å². The van der Waals surface area contributed by atoms with Crippen LogP contribution in [0.2, 0.25) is 0 Å². The second-order valence-electron chi connectivity index (χ2n) is 8.48. The highest BCUT2D eigenvalue weighted by atomic mass is 16.7. The third-order valence-electron chi connectivity index (χ3n) is 5.28. The molecular weight excluding hydrogens is 436 g/mol. The summed E-state index contributed by atoms with van der Waals surface area (Å²) < 4.78 is 11.3. The highest BCUT2D eigenvalue weighted by Gasteiger charge is 2.40. The van der Waals surface area contributed by atoms with Gasteiger partial charge in [0.05, 0.1) is 12.6 Å². The Morgan fingerprint density at radius 2 is 1.65 bits per heavy atom. The molecular formula is C26H36N2O6. The predicted molar refractivity (Wildman–Crippen MR) is 131 cm³/mol. The van der Waals surface area contributed by atoms with E-state index in [9.17, 15) is 20.1 Å². The molecule has 2 aliphatic rings. The molecule has 1 saturated heterocycles. The summed E-state index contributed by atoms with van der Waals surface area (Å²) in [5, 5.41) is 33.7. The van der Waals surface area contributed by atoms with Gasteiger partial charge in [0.2, 0.25) is 5.91 Å². The number of hydrogen-bond donors (Lipinski definition) is 5. The van der Waals surface area contributed by atoms with E-state index in [1.54, 1.807) is 31.2 Å². The van der Waals surface area contributed by atoms with E-state index in [4.69, 9.17) is 15.2 Å². The van der Waals surface area contributed by atoms with Gasteiger partial charge in [0, 0.05) is 12.6 Å². The van der Waals surface area contributed by atoms with Gasteiger partial charge in [0.15, 0.2) is 6.29 Å². The van der Waals surface area contributed by atoms with Gasteiger partial charge in [-0.25, -0.2) is 0 Å². The minimum absolute atomic E-state index is 0.141. The number of carbonyl (C=O) groups excluding carboxylic acids is 1. The minimum Gasteiger partial charge on any atom is -0.389 e. The second kappa shape index (κ2) is 14.0. The fourth-order valence-corrected chi connectivity index (χ4v) is 3.15. The first kappa shape index (κ1) is 27.7. The van der Waals surface area contributed by atoms with E-state index in [1.807, 2.05) is 49.5 Å². The van der Waals surface area contributed by atoms with Gasteiger partial charge in [-0.1, -0.05) is 85.9 Å². The third kappa shape index (κ3) is 9.34. The number of ether oxygens (including phenoxy) is 2. The summed E-state index contributed by atoms with van der Waals surface area (Å²) in [6, 6.07) is -0.997. The van der Waals surface area contributed by atoms with Crippen molar-refractivity contribution in [2.45, 2.75) is 50.1 Å². The smallest absolute Gasteiger partial charge is 0.243 e. The van der Waals surface area contributed by atoms with Gasteiger partial charge in [0.1, 0.15) is 23.9 Å². The van der Waals surface area contributed by atoms with E-state index in [-0.39, 0.29) is 18.4 Å². The molecule has 4 unspecified atom stereocenters. The third-order valence-corrected chi connectivity index (χ3v) is 5.28. The first-order chi connectivity index (χ1) is 16.2. The maximum absolute atomic E-state index is 12.0. The molecule has 186 valence electrons. The summed E-state index contributed by atoms with van der Waals surface area (Å²) >= 11 is 0. The number of rotatable bonds is 2. The molecule has 0 bridgehead atoms. The number of hydrogen-bond acceptors (Lipinski definition) is 7. The SMILES string of the molecule is C[C@H]1\C=C/C=C/C=C\C=C\C=C/[C@H](OC2OCC(O)C(O)C2N)[C@@](C)(O)/C=C/C=C/C(=O)NC1. The summed E-state index contributed by atoms with van der Waals surface area (Å²) in [6.07, 6.45) is 20.1. The van der Waals surface area contributed by atoms with Crippen LogP contribution in [-0.2, 0) is 14.3 Å². The number of aliphatic hydroxyl groups is 3. The highest BCUT2D eigenvalue weighted by molar-refractivity contribution is 5.87. The number of carbonyl (C=O) groups is 1. The van der Waals surface area contributed by atoms with Gasteiger partial charge >= 0.3 is 0 Å². The van der Waals surface area contributed by atoms with Gasteiger partial charge in [-0.15, -0.1) is 0 Å². The largest absolute Gasteiger partial charge is 0.389 e. The van der Waals surface area contributed by atoms with Crippen LogP contribution in [0.25, 0.3) is 0 Å². The van der Waals surface area contributed by atoms with Crippen molar-refractivity contribution < 1.29 is 29.6 Å². The maximum Gasteiger partial charge on any atom is 0.243 e. The lowest BCUT2D eigenvalue weighted by Crippen LogP contribution is -2.59. The molecule has 0 aromatic carbocycles. The van der Waals surface area contributed by atoms with E-state index in [0.29, 0.717) is 6.54 Å². The van der Waals surface area contributed by atoms with Crippen LogP contribution in [0.5, 0.6) is 0 Å². The highest BCUT2D eigenvalue weighted by Crippen LogP contribution is 2.23. The second-order valence-corrected chi connectivity index (χ2v) is 8.48. The monoisotopic (exact) mass is 472 g/mol. The van der Waals surface area contributed by atoms with Crippen LogP contribution in [0.4, 0.5) is 0 Å². The number of amides is 1. The van der Waals surface area contributed by atoms with Gasteiger partial charge in [-0.3, -0.25) is 4.79 Å². The maximum atomic E-state index is 12.0. The van der Waals surface area contributed by atoms with Crippen molar-refractivity contribution in [1.29, 1.82) is 0 Å². The van der Waals surface area contributed by atoms with Crippen LogP contribution in [0.15, 0.2) is 85.1 Å². The number of allylic oxidation sites excluding steroid dienone is 10. The van der Waals surface area contributed by atoms with Gasteiger partial charge in [-0.05, 0) is 12.8 Å². The van der Waals surface area contributed by atoms with Crippen LogP contribution >= 0.6 is 0 Å². The Bertz CT molecular complexity index is 855. The van der Waals surface area contributed by atoms with Crippen LogP contribution in [0, 0.1) is 5.92 Å². The molecule has 0 aliphatic carbocycles. The molecule has 7 atom stereocenters. The summed E-state index contributed by atoms with van der Waals surface area (Å²) in [7, 11) is 0. The molecule has 2 rings (SSSR count). The van der Waals surface area contributed by atoms with Crippen molar-refractivity contribution in [1.82, 2.24) is 5.32 Å². The zero-order valence-electron chi connectivity index (χ0n) is 19.6. The van der Waals surface area contributed by atoms with Crippen molar-refractivity contribution in [2.75, 3.05) is 13.2 Å². The average Bonchev–Trinajstić information content (AvgIpc) is 2.80. The molecule has 2 heterocycles. The van der Waals surface area contributed by atoms with Gasteiger partial charge < -0.3 is 35.8 Å². The molecule has 1 amide bonds. The lowest BCUT2D eigenvalue weighted by atomic mass is 9.96. The fourth-order valence-electron chi connectivity index (χ4n) is 3.15. The first-order valence-corrected chi connectivity index (χ1v) is 11.3. The molecule has 1 fully saturated rings. The van der Waals surface area contributed by atoms with Crippen molar-refractivity contribution in [3.8, 4) is 0 Å². The zero-order chi connectivity index (χ0) is 25.0. The first-order valence-electron chi connectivity index (χ1n) is 11.3. The predicted octanol–water partition coefficient (Wildman–Crippen LogP) is 1.19. The van der Waals surface area contributed by atoms with E-state index in [2.05, 4.69) is 5.32 Å². The summed E-state index contributed by atoms with van der Waals surface area (Å²) in [6.45, 7) is 3.90. The van der Waals surface area contributed by atoms with E-state index >= 15 is 0 Å². The van der Waals surface area contributed by atoms with Crippen molar-refractivity contribution >= 4 is 5.91 Å². The Morgan fingerprint density at radius 1 is 1.03 bits per heavy atom. The minimum atomic E-state index is -1.51. The summed E-state index contributed by atoms with van der Waals surface area (Å²) in [4.78, 5) is 12.0. The van der Waals surface area contributed by atoms with E-state index in [1.165, 1.54) is 18.2 Å². The number of nitrogens with one attached hydrogen (secondary N) is 1. The number of aliphatic hydroxyl groups excluding tert-OH is 2. The molecule has 0 aromatic rings. The van der Waals surface area contributed by atoms with Crippen molar-refractivity contribution in [2.24, 2.45) is 11.7 Å². The van der Waals surface area contributed by atoms with Crippen LogP contribution < -0.4 is 11.1 Å². The molecule has 34 heavy (non-hydrogen) atoms. The van der Waals surface area contributed by atoms with Crippen LogP contribution in [-0.4, -0.2) is 70.6 Å². The molecule has 8 heteroatoms. The molecule has 2 aliphatic heterocycles. The molecule has 0 radical (unpaired) electrons. The molecule has 6 N–H and O–H groups in total. The Morgan fingerprint density at radius 3 is 2.32 bits per heavy atom. The van der Waals surface area contributed by atoms with E-state index < -0.39 is 36.2 Å². The zero-order valence-corrected chi connectivity index (χ0v) is 19.6. The Labute approximate surface area is 201 Å². The lowest BCUT2D eigenvalue weighted by Gasteiger charge is -2.39. The van der Waals surface area contributed by atoms with Crippen molar-refractivity contribution in [3.63, 3.8) is 0 Å². The summed E-state index contributed by atoms with van der Waals surface area (Å²) in [5.74, 6) is -0.0758. The van der Waals surface area contributed by atoms with Crippen LogP contribution in [0.1, 0.15) is 13.8 Å². The molecule has 8 nitrogen and oxygen atoms in total. The topological polar surface area (TPSA) is 134 Å². The standard InChI is InChI=1S/C26H36N2O6/c1-19-13-9-7-5-3-4-6-8-10-14-21(34-25-23(27)24(31)20(29)18-33-25)26(2,32)16-12-11-15-22(30)28-17-19/h3-16,19-21,23-25,29,31-32H,17-18,27H2,1-2H3,(H,28,30)/b4-3-,7-5+,8-6+,13-9-,14-10-,15-11+,16-12+/t19-,20?,21-,23?,24?,25?,26-/m0/s1. The van der Waals surface area contributed by atoms with Gasteiger partial charge in [0.25, 0.3) is 0 Å². The Balaban J connectivity index is 2.23. The average molecular weight is 473 g/mol. The Kier molecular flexibility index (Phi) is 11.4. The molecule has 0 spiro atoms. The normalized spacial score (nSPS) is 42.5. The fraction of sp³-hybridized carbons (Fsp3) is 0.423. The Hall–Kier alpha value is -2.59. The number of nitrogens with two attached hydrogens (primary N) is 1. The molecule has 0 saturated carbocycles. The summed E-state index contributed by atoms with van der Waals surface area (Å²) in [5.41, 5.74) is 4.46. The quantitative estimate of drug-likeness (QED) is 0.407.